The smallest absolute Gasteiger partial charge is 0.224 e. The zero-order valence-corrected chi connectivity index (χ0v) is 11.6. The maximum absolute atomic E-state index is 12.1. The minimum atomic E-state index is 0.0819. The minimum absolute atomic E-state index is 0.0819. The van der Waals surface area contributed by atoms with Crippen molar-refractivity contribution in [1.82, 2.24) is 15.2 Å². The number of hydrogen-bond acceptors (Lipinski definition) is 4. The molecule has 1 aromatic carbocycles. The van der Waals surface area contributed by atoms with Crippen LogP contribution in [0, 0.1) is 0 Å². The molecule has 1 aromatic heterocycles. The largest absolute Gasteiger partial charge is 0.443 e. The zero-order valence-electron chi connectivity index (χ0n) is 11.6. The molecule has 0 atom stereocenters. The van der Waals surface area contributed by atoms with E-state index in [0.717, 1.165) is 42.6 Å². The molecule has 0 radical (unpaired) electrons. The summed E-state index contributed by atoms with van der Waals surface area (Å²) in [6.45, 7) is 2.10. The highest BCUT2D eigenvalue weighted by atomic mass is 16.3. The van der Waals surface area contributed by atoms with Crippen LogP contribution in [-0.4, -0.2) is 42.0 Å². The SMILES string of the molecule is CN1CCC(NC(=O)Cc2ccc3ncoc3c2)CC1. The summed E-state index contributed by atoms with van der Waals surface area (Å²) in [4.78, 5) is 18.4. The van der Waals surface area contributed by atoms with Crippen LogP contribution >= 0.6 is 0 Å². The average Bonchev–Trinajstić information content (AvgIpc) is 2.89. The average molecular weight is 273 g/mol. The summed E-state index contributed by atoms with van der Waals surface area (Å²) in [5.41, 5.74) is 2.51. The van der Waals surface area contributed by atoms with Gasteiger partial charge in [0.15, 0.2) is 12.0 Å². The van der Waals surface area contributed by atoms with Crippen LogP contribution in [0.15, 0.2) is 29.0 Å². The molecule has 2 heterocycles. The predicted molar refractivity (Wildman–Crippen MR) is 76.4 cm³/mol. The van der Waals surface area contributed by atoms with Gasteiger partial charge in [-0.15, -0.1) is 0 Å². The number of benzene rings is 1. The second-order valence-corrected chi connectivity index (χ2v) is 5.48. The van der Waals surface area contributed by atoms with Crippen LogP contribution in [0.3, 0.4) is 0 Å². The molecule has 106 valence electrons. The van der Waals surface area contributed by atoms with Crippen molar-refractivity contribution in [2.24, 2.45) is 0 Å². The predicted octanol–water partition coefficient (Wildman–Crippen LogP) is 1.58. The Balaban J connectivity index is 1.58. The van der Waals surface area contributed by atoms with Gasteiger partial charge in [-0.1, -0.05) is 6.07 Å². The van der Waals surface area contributed by atoms with E-state index in [-0.39, 0.29) is 5.91 Å². The fraction of sp³-hybridized carbons (Fsp3) is 0.467. The van der Waals surface area contributed by atoms with E-state index in [4.69, 9.17) is 4.42 Å². The molecule has 0 saturated carbocycles. The Morgan fingerprint density at radius 3 is 3.05 bits per heavy atom. The molecule has 20 heavy (non-hydrogen) atoms. The maximum Gasteiger partial charge on any atom is 0.224 e. The third kappa shape index (κ3) is 2.99. The number of carbonyl (C=O) groups is 1. The van der Waals surface area contributed by atoms with E-state index in [1.165, 1.54) is 6.39 Å². The van der Waals surface area contributed by atoms with Crippen molar-refractivity contribution >= 4 is 17.0 Å². The molecule has 5 nitrogen and oxygen atoms in total. The topological polar surface area (TPSA) is 58.4 Å². The number of carbonyl (C=O) groups excluding carboxylic acids is 1. The number of nitrogens with one attached hydrogen (secondary N) is 1. The molecule has 0 unspecified atom stereocenters. The summed E-state index contributed by atoms with van der Waals surface area (Å²) in [6, 6.07) is 6.01. The molecule has 0 aliphatic carbocycles. The molecular formula is C15H19N3O2. The van der Waals surface area contributed by atoms with Crippen molar-refractivity contribution in [3.63, 3.8) is 0 Å². The Labute approximate surface area is 118 Å². The molecule has 3 rings (SSSR count). The van der Waals surface area contributed by atoms with Crippen molar-refractivity contribution < 1.29 is 9.21 Å². The van der Waals surface area contributed by atoms with Crippen molar-refractivity contribution in [1.29, 1.82) is 0 Å². The Kier molecular flexibility index (Phi) is 3.69. The van der Waals surface area contributed by atoms with E-state index in [1.807, 2.05) is 18.2 Å². The maximum atomic E-state index is 12.1. The van der Waals surface area contributed by atoms with Crippen molar-refractivity contribution in [2.75, 3.05) is 20.1 Å². The van der Waals surface area contributed by atoms with E-state index in [9.17, 15) is 4.79 Å². The summed E-state index contributed by atoms with van der Waals surface area (Å²) in [6.07, 6.45) is 3.88. The van der Waals surface area contributed by atoms with Gasteiger partial charge in [-0.2, -0.15) is 0 Å². The number of piperidine rings is 1. The molecule has 0 bridgehead atoms. The van der Waals surface area contributed by atoms with Crippen LogP contribution in [0.5, 0.6) is 0 Å². The Hall–Kier alpha value is -1.88. The molecule has 1 aliphatic heterocycles. The zero-order chi connectivity index (χ0) is 13.9. The van der Waals surface area contributed by atoms with E-state index >= 15 is 0 Å². The number of aromatic nitrogens is 1. The standard InChI is InChI=1S/C15H19N3O2/c1-18-6-4-12(5-7-18)17-15(19)9-11-2-3-13-14(8-11)20-10-16-13/h2-3,8,10,12H,4-7,9H2,1H3,(H,17,19). The van der Waals surface area contributed by atoms with Crippen LogP contribution in [0.1, 0.15) is 18.4 Å². The summed E-state index contributed by atoms with van der Waals surface area (Å²) >= 11 is 0. The highest BCUT2D eigenvalue weighted by Gasteiger charge is 2.18. The van der Waals surface area contributed by atoms with Gasteiger partial charge >= 0.3 is 0 Å². The number of oxazole rings is 1. The quantitative estimate of drug-likeness (QED) is 0.922. The Morgan fingerprint density at radius 2 is 2.25 bits per heavy atom. The van der Waals surface area contributed by atoms with Gasteiger partial charge in [0.2, 0.25) is 5.91 Å². The van der Waals surface area contributed by atoms with Crippen molar-refractivity contribution in [3.8, 4) is 0 Å². The van der Waals surface area contributed by atoms with Gasteiger partial charge in [0.05, 0.1) is 6.42 Å². The lowest BCUT2D eigenvalue weighted by atomic mass is 10.0. The number of nitrogens with zero attached hydrogens (tertiary/aromatic N) is 2. The molecule has 5 heteroatoms. The second kappa shape index (κ2) is 5.63. The monoisotopic (exact) mass is 273 g/mol. The van der Waals surface area contributed by atoms with Gasteiger partial charge in [0.25, 0.3) is 0 Å². The number of rotatable bonds is 3. The molecule has 0 spiro atoms. The van der Waals surface area contributed by atoms with Gasteiger partial charge in [-0.05, 0) is 50.7 Å². The normalized spacial score (nSPS) is 17.4. The van der Waals surface area contributed by atoms with E-state index in [1.54, 1.807) is 0 Å². The van der Waals surface area contributed by atoms with Crippen LogP contribution in [0.4, 0.5) is 0 Å². The minimum Gasteiger partial charge on any atom is -0.443 e. The third-order valence-electron chi connectivity index (χ3n) is 3.84. The highest BCUT2D eigenvalue weighted by molar-refractivity contribution is 5.81. The first-order valence-corrected chi connectivity index (χ1v) is 7.01. The van der Waals surface area contributed by atoms with Gasteiger partial charge in [0, 0.05) is 6.04 Å². The molecule has 1 fully saturated rings. The fourth-order valence-corrected chi connectivity index (χ4v) is 2.63. The number of likely N-dealkylation sites (tertiary alicyclic amines) is 1. The Morgan fingerprint density at radius 1 is 1.45 bits per heavy atom. The Bertz CT molecular complexity index is 600. The molecule has 1 saturated heterocycles. The molecule has 1 amide bonds. The summed E-state index contributed by atoms with van der Waals surface area (Å²) in [5.74, 6) is 0.0819. The summed E-state index contributed by atoms with van der Waals surface area (Å²) in [7, 11) is 2.12. The van der Waals surface area contributed by atoms with Gasteiger partial charge < -0.3 is 14.6 Å². The van der Waals surface area contributed by atoms with Gasteiger partial charge in [-0.3, -0.25) is 4.79 Å². The van der Waals surface area contributed by atoms with Crippen LogP contribution in [0.25, 0.3) is 11.1 Å². The van der Waals surface area contributed by atoms with Crippen molar-refractivity contribution in [2.45, 2.75) is 25.3 Å². The lowest BCUT2D eigenvalue weighted by molar-refractivity contribution is -0.121. The van der Waals surface area contributed by atoms with Crippen LogP contribution in [-0.2, 0) is 11.2 Å². The van der Waals surface area contributed by atoms with Gasteiger partial charge in [-0.25, -0.2) is 4.98 Å². The van der Waals surface area contributed by atoms with Crippen molar-refractivity contribution in [3.05, 3.63) is 30.2 Å². The lowest BCUT2D eigenvalue weighted by Gasteiger charge is -2.29. The lowest BCUT2D eigenvalue weighted by Crippen LogP contribution is -2.43. The highest BCUT2D eigenvalue weighted by Crippen LogP contribution is 2.15. The number of fused-ring (bicyclic) bond motifs is 1. The first-order chi connectivity index (χ1) is 9.70. The number of amides is 1. The first-order valence-electron chi connectivity index (χ1n) is 7.01. The first kappa shape index (κ1) is 13.1. The van der Waals surface area contributed by atoms with Crippen LogP contribution < -0.4 is 5.32 Å². The third-order valence-corrected chi connectivity index (χ3v) is 3.84. The molecule has 1 aliphatic rings. The second-order valence-electron chi connectivity index (χ2n) is 5.48. The molecule has 2 aromatic rings. The number of hydrogen-bond donors (Lipinski definition) is 1. The van der Waals surface area contributed by atoms with E-state index in [0.29, 0.717) is 12.5 Å². The van der Waals surface area contributed by atoms with E-state index in [2.05, 4.69) is 22.2 Å². The molecule has 1 N–H and O–H groups in total. The fourth-order valence-electron chi connectivity index (χ4n) is 2.63. The van der Waals surface area contributed by atoms with E-state index < -0.39 is 0 Å². The summed E-state index contributed by atoms with van der Waals surface area (Å²) in [5, 5.41) is 3.12. The summed E-state index contributed by atoms with van der Waals surface area (Å²) < 4.78 is 5.25. The van der Waals surface area contributed by atoms with Gasteiger partial charge in [0.1, 0.15) is 5.52 Å². The molecular weight excluding hydrogens is 254 g/mol. The van der Waals surface area contributed by atoms with Crippen LogP contribution in [0.2, 0.25) is 0 Å².